The summed E-state index contributed by atoms with van der Waals surface area (Å²) in [5.74, 6) is 0.845. The lowest BCUT2D eigenvalue weighted by Crippen LogP contribution is -2.19. The van der Waals surface area contributed by atoms with Gasteiger partial charge in [-0.2, -0.15) is 0 Å². The number of pyridine rings is 1. The first kappa shape index (κ1) is 14.6. The molecule has 0 saturated heterocycles. The molecule has 0 radical (unpaired) electrons. The summed E-state index contributed by atoms with van der Waals surface area (Å²) in [4.78, 5) is 4.42. The van der Waals surface area contributed by atoms with Crippen LogP contribution in [0.25, 0.3) is 10.9 Å². The van der Waals surface area contributed by atoms with Crippen molar-refractivity contribution in [2.75, 3.05) is 11.1 Å². The first-order valence-corrected chi connectivity index (χ1v) is 8.53. The number of rotatable bonds is 2. The van der Waals surface area contributed by atoms with E-state index in [1.807, 2.05) is 12.1 Å². The van der Waals surface area contributed by atoms with Gasteiger partial charge in [-0.25, -0.2) is 0 Å². The van der Waals surface area contributed by atoms with Gasteiger partial charge in [0, 0.05) is 15.9 Å². The molecule has 2 unspecified atom stereocenters. The highest BCUT2D eigenvalue weighted by atomic mass is 79.9. The minimum Gasteiger partial charge on any atom is -0.396 e. The molecule has 1 fully saturated rings. The molecular formula is C17H22BrN3. The van der Waals surface area contributed by atoms with Crippen molar-refractivity contribution in [1.29, 1.82) is 0 Å². The summed E-state index contributed by atoms with van der Waals surface area (Å²) in [5.41, 5.74) is 8.94. The maximum atomic E-state index is 6.18. The van der Waals surface area contributed by atoms with Gasteiger partial charge in [-0.15, -0.1) is 0 Å². The molecule has 2 aromatic rings. The SMILES string of the molecule is CC1CCCC(Nc2c(N)cnc3ccc(Br)cc23)CC1. The number of hydrogen-bond donors (Lipinski definition) is 2. The molecule has 4 heteroatoms. The Balaban J connectivity index is 1.92. The third-order valence-corrected chi connectivity index (χ3v) is 4.96. The second-order valence-electron chi connectivity index (χ2n) is 6.20. The number of nitrogen functional groups attached to an aromatic ring is 1. The summed E-state index contributed by atoms with van der Waals surface area (Å²) in [6.45, 7) is 2.36. The first-order chi connectivity index (χ1) is 10.1. The van der Waals surface area contributed by atoms with E-state index < -0.39 is 0 Å². The average Bonchev–Trinajstić information content (AvgIpc) is 2.67. The minimum atomic E-state index is 0.516. The molecule has 1 aliphatic carbocycles. The van der Waals surface area contributed by atoms with Gasteiger partial charge < -0.3 is 11.1 Å². The predicted molar refractivity (Wildman–Crippen MR) is 93.5 cm³/mol. The fourth-order valence-electron chi connectivity index (χ4n) is 3.18. The topological polar surface area (TPSA) is 50.9 Å². The molecule has 1 saturated carbocycles. The van der Waals surface area contributed by atoms with Crippen molar-refractivity contribution in [3.63, 3.8) is 0 Å². The molecular weight excluding hydrogens is 326 g/mol. The number of benzene rings is 1. The zero-order chi connectivity index (χ0) is 14.8. The molecule has 1 aromatic carbocycles. The second-order valence-corrected chi connectivity index (χ2v) is 7.12. The molecule has 21 heavy (non-hydrogen) atoms. The predicted octanol–water partition coefficient (Wildman–Crippen LogP) is 4.96. The molecule has 0 amide bonds. The molecule has 3 rings (SSSR count). The number of nitrogens with two attached hydrogens (primary N) is 1. The molecule has 3 nitrogen and oxygen atoms in total. The Kier molecular flexibility index (Phi) is 4.34. The van der Waals surface area contributed by atoms with E-state index in [1.54, 1.807) is 6.20 Å². The standard InChI is InChI=1S/C17H22BrN3/c1-11-3-2-4-13(7-5-11)21-17-14-9-12(18)6-8-16(14)20-10-15(17)19/h6,8-11,13H,2-5,7,19H2,1H3,(H,20,21). The van der Waals surface area contributed by atoms with E-state index in [2.05, 4.69) is 39.2 Å². The summed E-state index contributed by atoms with van der Waals surface area (Å²) in [6.07, 6.45) is 8.14. The van der Waals surface area contributed by atoms with E-state index >= 15 is 0 Å². The number of nitrogens with one attached hydrogen (secondary N) is 1. The van der Waals surface area contributed by atoms with Crippen LogP contribution in [-0.2, 0) is 0 Å². The number of halogens is 1. The van der Waals surface area contributed by atoms with Gasteiger partial charge in [0.1, 0.15) is 0 Å². The minimum absolute atomic E-state index is 0.516. The van der Waals surface area contributed by atoms with Gasteiger partial charge >= 0.3 is 0 Å². The van der Waals surface area contributed by atoms with E-state index in [1.165, 1.54) is 32.1 Å². The maximum Gasteiger partial charge on any atom is 0.0743 e. The molecule has 1 aliphatic rings. The molecule has 0 aliphatic heterocycles. The van der Waals surface area contributed by atoms with Crippen LogP contribution in [0.2, 0.25) is 0 Å². The van der Waals surface area contributed by atoms with Crippen LogP contribution in [0.3, 0.4) is 0 Å². The van der Waals surface area contributed by atoms with E-state index in [0.29, 0.717) is 6.04 Å². The highest BCUT2D eigenvalue weighted by Crippen LogP contribution is 2.33. The monoisotopic (exact) mass is 347 g/mol. The van der Waals surface area contributed by atoms with Gasteiger partial charge in [-0.3, -0.25) is 4.98 Å². The quantitative estimate of drug-likeness (QED) is 0.754. The van der Waals surface area contributed by atoms with Crippen LogP contribution in [-0.4, -0.2) is 11.0 Å². The van der Waals surface area contributed by atoms with E-state index in [0.717, 1.165) is 32.7 Å². The summed E-state index contributed by atoms with van der Waals surface area (Å²) in [6, 6.07) is 6.66. The third kappa shape index (κ3) is 3.31. The second kappa shape index (κ2) is 6.22. The Morgan fingerprint density at radius 2 is 2.10 bits per heavy atom. The van der Waals surface area contributed by atoms with Crippen molar-refractivity contribution in [2.24, 2.45) is 5.92 Å². The fourth-order valence-corrected chi connectivity index (χ4v) is 3.54. The molecule has 112 valence electrons. The van der Waals surface area contributed by atoms with Gasteiger partial charge in [-0.05, 0) is 43.4 Å². The highest BCUT2D eigenvalue weighted by molar-refractivity contribution is 9.10. The lowest BCUT2D eigenvalue weighted by Gasteiger charge is -2.20. The summed E-state index contributed by atoms with van der Waals surface area (Å²) >= 11 is 3.54. The van der Waals surface area contributed by atoms with E-state index in [-0.39, 0.29) is 0 Å². The normalized spacial score (nSPS) is 23.0. The largest absolute Gasteiger partial charge is 0.396 e. The Morgan fingerprint density at radius 3 is 2.95 bits per heavy atom. The number of aromatic nitrogens is 1. The lowest BCUT2D eigenvalue weighted by molar-refractivity contribution is 0.502. The number of fused-ring (bicyclic) bond motifs is 1. The van der Waals surface area contributed by atoms with Crippen LogP contribution < -0.4 is 11.1 Å². The van der Waals surface area contributed by atoms with Crippen molar-refractivity contribution < 1.29 is 0 Å². The van der Waals surface area contributed by atoms with E-state index in [9.17, 15) is 0 Å². The van der Waals surface area contributed by atoms with Crippen LogP contribution >= 0.6 is 15.9 Å². The number of hydrogen-bond acceptors (Lipinski definition) is 3. The number of nitrogens with zero attached hydrogens (tertiary/aromatic N) is 1. The van der Waals surface area contributed by atoms with Gasteiger partial charge in [0.25, 0.3) is 0 Å². The molecule has 0 bridgehead atoms. The van der Waals surface area contributed by atoms with Crippen molar-refractivity contribution in [3.05, 3.63) is 28.9 Å². The molecule has 0 spiro atoms. The van der Waals surface area contributed by atoms with E-state index in [4.69, 9.17) is 5.73 Å². The Hall–Kier alpha value is -1.29. The Labute approximate surface area is 134 Å². The summed E-state index contributed by atoms with van der Waals surface area (Å²) in [5, 5.41) is 4.79. The average molecular weight is 348 g/mol. The summed E-state index contributed by atoms with van der Waals surface area (Å²) < 4.78 is 1.06. The zero-order valence-corrected chi connectivity index (χ0v) is 14.0. The molecule has 1 heterocycles. The van der Waals surface area contributed by atoms with Crippen LogP contribution in [0.5, 0.6) is 0 Å². The first-order valence-electron chi connectivity index (χ1n) is 7.74. The lowest BCUT2D eigenvalue weighted by atomic mass is 10.0. The van der Waals surface area contributed by atoms with Crippen LogP contribution in [0.4, 0.5) is 11.4 Å². The highest BCUT2D eigenvalue weighted by Gasteiger charge is 2.18. The summed E-state index contributed by atoms with van der Waals surface area (Å²) in [7, 11) is 0. The zero-order valence-electron chi connectivity index (χ0n) is 12.4. The fraction of sp³-hybridized carbons (Fsp3) is 0.471. The van der Waals surface area contributed by atoms with Crippen LogP contribution in [0.15, 0.2) is 28.9 Å². The van der Waals surface area contributed by atoms with Gasteiger partial charge in [0.15, 0.2) is 0 Å². The van der Waals surface area contributed by atoms with Gasteiger partial charge in [-0.1, -0.05) is 35.7 Å². The van der Waals surface area contributed by atoms with Crippen LogP contribution in [0.1, 0.15) is 39.0 Å². The van der Waals surface area contributed by atoms with Crippen molar-refractivity contribution in [2.45, 2.75) is 45.1 Å². The number of anilines is 2. The molecule has 3 N–H and O–H groups in total. The third-order valence-electron chi connectivity index (χ3n) is 4.47. The van der Waals surface area contributed by atoms with Crippen molar-refractivity contribution in [1.82, 2.24) is 4.98 Å². The van der Waals surface area contributed by atoms with Crippen LogP contribution in [0, 0.1) is 5.92 Å². The smallest absolute Gasteiger partial charge is 0.0743 e. The van der Waals surface area contributed by atoms with Crippen molar-refractivity contribution >= 4 is 38.2 Å². The van der Waals surface area contributed by atoms with Gasteiger partial charge in [0.2, 0.25) is 0 Å². The van der Waals surface area contributed by atoms with Crippen molar-refractivity contribution in [3.8, 4) is 0 Å². The maximum absolute atomic E-state index is 6.18. The molecule has 2 atom stereocenters. The Morgan fingerprint density at radius 1 is 1.24 bits per heavy atom. The molecule has 1 aromatic heterocycles. The van der Waals surface area contributed by atoms with Gasteiger partial charge in [0.05, 0.1) is 23.1 Å². The Bertz CT molecular complexity index is 636.